The molecule has 0 saturated heterocycles. The molecule has 13 heteroatoms. The largest absolute Gasteiger partial charge is 0.465 e. The third kappa shape index (κ3) is 6.07. The van der Waals surface area contributed by atoms with Crippen molar-refractivity contribution in [1.82, 2.24) is 0 Å². The van der Waals surface area contributed by atoms with E-state index in [2.05, 4.69) is 5.32 Å². The molecule has 208 valence electrons. The van der Waals surface area contributed by atoms with Gasteiger partial charge in [-0.05, 0) is 68.5 Å². The van der Waals surface area contributed by atoms with Crippen molar-refractivity contribution in [2.45, 2.75) is 43.7 Å². The van der Waals surface area contributed by atoms with Crippen molar-refractivity contribution in [2.24, 2.45) is 0 Å². The fourth-order valence-electron chi connectivity index (χ4n) is 4.31. The first-order valence-electron chi connectivity index (χ1n) is 11.8. The molecule has 1 heterocycles. The van der Waals surface area contributed by atoms with Crippen LogP contribution in [0.2, 0.25) is 5.02 Å². The number of thiophene rings is 1. The molecular formula is C26H24ClF3N2O5S2. The highest BCUT2D eigenvalue weighted by Gasteiger charge is 2.36. The number of fused-ring (bicyclic) bond motifs is 1. The molecule has 3 aromatic rings. The molecule has 1 amide bonds. The molecule has 0 spiro atoms. The average molecular weight is 601 g/mol. The lowest BCUT2D eigenvalue weighted by molar-refractivity contribution is -0.137. The van der Waals surface area contributed by atoms with Gasteiger partial charge in [-0.1, -0.05) is 29.3 Å². The summed E-state index contributed by atoms with van der Waals surface area (Å²) in [6.45, 7) is 0.883. The zero-order valence-electron chi connectivity index (χ0n) is 20.9. The summed E-state index contributed by atoms with van der Waals surface area (Å²) in [5.41, 5.74) is 0.113. The Hall–Kier alpha value is -3.09. The molecule has 0 fully saturated rings. The third-order valence-electron chi connectivity index (χ3n) is 6.25. The van der Waals surface area contributed by atoms with Crippen LogP contribution in [0.15, 0.2) is 47.4 Å². The molecule has 1 aliphatic rings. The lowest BCUT2D eigenvalue weighted by atomic mass is 9.95. The molecule has 0 atom stereocenters. The zero-order chi connectivity index (χ0) is 28.5. The van der Waals surface area contributed by atoms with Gasteiger partial charge in [0.2, 0.25) is 5.91 Å². The van der Waals surface area contributed by atoms with Crippen molar-refractivity contribution < 1.29 is 35.9 Å². The molecule has 0 radical (unpaired) electrons. The predicted octanol–water partition coefficient (Wildman–Crippen LogP) is 6.23. The maximum Gasteiger partial charge on any atom is 0.417 e. The summed E-state index contributed by atoms with van der Waals surface area (Å²) in [5, 5.41) is 2.19. The number of nitrogens with one attached hydrogen (secondary N) is 1. The average Bonchev–Trinajstić information content (AvgIpc) is 3.24. The van der Waals surface area contributed by atoms with Crippen LogP contribution in [-0.4, -0.2) is 33.9 Å². The van der Waals surface area contributed by atoms with E-state index in [-0.39, 0.29) is 15.5 Å². The first-order chi connectivity index (χ1) is 18.3. The van der Waals surface area contributed by atoms with Gasteiger partial charge in [0.25, 0.3) is 10.0 Å². The Bertz CT molecular complexity index is 1520. The lowest BCUT2D eigenvalue weighted by Crippen LogP contribution is -2.38. The number of halogens is 4. The van der Waals surface area contributed by atoms with E-state index in [0.29, 0.717) is 16.8 Å². The highest BCUT2D eigenvalue weighted by molar-refractivity contribution is 7.92. The van der Waals surface area contributed by atoms with E-state index in [1.165, 1.54) is 42.7 Å². The number of methoxy groups -OCH3 is 1. The van der Waals surface area contributed by atoms with E-state index in [9.17, 15) is 31.2 Å². The number of esters is 1. The highest BCUT2D eigenvalue weighted by atomic mass is 35.5. The number of benzene rings is 2. The molecule has 0 saturated carbocycles. The van der Waals surface area contributed by atoms with Crippen molar-refractivity contribution in [3.05, 3.63) is 74.6 Å². The molecule has 0 bridgehead atoms. The van der Waals surface area contributed by atoms with Crippen LogP contribution in [0.4, 0.5) is 23.9 Å². The van der Waals surface area contributed by atoms with Crippen LogP contribution in [0.5, 0.6) is 0 Å². The van der Waals surface area contributed by atoms with Crippen LogP contribution in [-0.2, 0) is 38.6 Å². The van der Waals surface area contributed by atoms with Crippen molar-refractivity contribution in [2.75, 3.05) is 23.3 Å². The number of aryl methyl sites for hydroxylation is 2. The Labute approximate surface area is 232 Å². The number of amides is 1. The fourth-order valence-corrected chi connectivity index (χ4v) is 7.24. The number of anilines is 2. The minimum Gasteiger partial charge on any atom is -0.465 e. The second-order valence-corrected chi connectivity index (χ2v) is 12.3. The Morgan fingerprint density at radius 3 is 2.41 bits per heavy atom. The van der Waals surface area contributed by atoms with Gasteiger partial charge in [-0.15, -0.1) is 11.3 Å². The molecule has 4 rings (SSSR count). The Kier molecular flexibility index (Phi) is 8.29. The maximum absolute atomic E-state index is 13.6. The van der Waals surface area contributed by atoms with Gasteiger partial charge in [-0.2, -0.15) is 13.2 Å². The molecule has 2 aromatic carbocycles. The third-order valence-corrected chi connectivity index (χ3v) is 9.58. The van der Waals surface area contributed by atoms with E-state index < -0.39 is 50.9 Å². The van der Waals surface area contributed by atoms with Crippen molar-refractivity contribution in [3.8, 4) is 0 Å². The Morgan fingerprint density at radius 1 is 1.10 bits per heavy atom. The van der Waals surface area contributed by atoms with Crippen LogP contribution in [0.3, 0.4) is 0 Å². The van der Waals surface area contributed by atoms with E-state index in [1.807, 2.05) is 0 Å². The molecular weight excluding hydrogens is 577 g/mol. The van der Waals surface area contributed by atoms with Crippen LogP contribution in [0.1, 0.15) is 44.8 Å². The minimum absolute atomic E-state index is 0.207. The number of hydrogen-bond acceptors (Lipinski definition) is 6. The second kappa shape index (κ2) is 11.2. The predicted molar refractivity (Wildman–Crippen MR) is 143 cm³/mol. The normalized spacial score (nSPS) is 13.5. The van der Waals surface area contributed by atoms with E-state index in [0.717, 1.165) is 47.4 Å². The molecule has 1 aromatic heterocycles. The quantitative estimate of drug-likeness (QED) is 0.325. The van der Waals surface area contributed by atoms with Crippen molar-refractivity contribution in [3.63, 3.8) is 0 Å². The SMILES string of the molecule is COC(=O)c1c(NC(=O)CN(c2ccc(Cl)c(C(F)(F)F)c2)S(=O)(=O)c2ccc(C)cc2)sc2c1CCCC2. The number of carbonyl (C=O) groups excluding carboxylic acids is 2. The second-order valence-electron chi connectivity index (χ2n) is 8.94. The number of sulfonamides is 1. The summed E-state index contributed by atoms with van der Waals surface area (Å²) < 4.78 is 73.5. The number of ether oxygens (including phenoxy) is 1. The van der Waals surface area contributed by atoms with E-state index in [4.69, 9.17) is 16.3 Å². The van der Waals surface area contributed by atoms with Gasteiger partial charge in [-0.3, -0.25) is 9.10 Å². The van der Waals surface area contributed by atoms with Gasteiger partial charge in [0.1, 0.15) is 11.5 Å². The van der Waals surface area contributed by atoms with Gasteiger partial charge in [0.15, 0.2) is 0 Å². The molecule has 1 N–H and O–H groups in total. The van der Waals surface area contributed by atoms with Crippen LogP contribution >= 0.6 is 22.9 Å². The first-order valence-corrected chi connectivity index (χ1v) is 14.4. The summed E-state index contributed by atoms with van der Waals surface area (Å²) in [4.78, 5) is 26.5. The topological polar surface area (TPSA) is 92.8 Å². The molecule has 0 aliphatic heterocycles. The zero-order valence-corrected chi connectivity index (χ0v) is 23.3. The van der Waals surface area contributed by atoms with Gasteiger partial charge in [-0.25, -0.2) is 13.2 Å². The minimum atomic E-state index is -4.86. The van der Waals surface area contributed by atoms with E-state index >= 15 is 0 Å². The number of carbonyl (C=O) groups is 2. The van der Waals surface area contributed by atoms with Gasteiger partial charge in [0, 0.05) is 4.88 Å². The Balaban J connectivity index is 1.75. The van der Waals surface area contributed by atoms with Crippen molar-refractivity contribution in [1.29, 1.82) is 0 Å². The molecule has 0 unspecified atom stereocenters. The standard InChI is InChI=1S/C26H24ClF3N2O5S2/c1-15-7-10-17(11-8-15)39(35,36)32(16-9-12-20(27)19(13-16)26(28,29)30)14-22(33)31-24-23(25(34)37-2)18-5-3-4-6-21(18)38-24/h7-13H,3-6,14H2,1-2H3,(H,31,33). The first kappa shape index (κ1) is 28.9. The van der Waals surface area contributed by atoms with Crippen LogP contribution in [0.25, 0.3) is 0 Å². The van der Waals surface area contributed by atoms with Crippen molar-refractivity contribution >= 4 is 55.5 Å². The number of nitrogens with zero attached hydrogens (tertiary/aromatic N) is 1. The number of hydrogen-bond donors (Lipinski definition) is 1. The Morgan fingerprint density at radius 2 is 1.77 bits per heavy atom. The van der Waals surface area contributed by atoms with Crippen LogP contribution in [0, 0.1) is 6.92 Å². The van der Waals surface area contributed by atoms with E-state index in [1.54, 1.807) is 6.92 Å². The molecule has 1 aliphatic carbocycles. The maximum atomic E-state index is 13.6. The summed E-state index contributed by atoms with van der Waals surface area (Å²) in [7, 11) is -3.28. The smallest absolute Gasteiger partial charge is 0.417 e. The lowest BCUT2D eigenvalue weighted by Gasteiger charge is -2.25. The summed E-state index contributed by atoms with van der Waals surface area (Å²) in [5.74, 6) is -1.49. The summed E-state index contributed by atoms with van der Waals surface area (Å²) in [6.07, 6.45) is -1.73. The van der Waals surface area contributed by atoms with Gasteiger partial charge in [0.05, 0.1) is 33.8 Å². The summed E-state index contributed by atoms with van der Waals surface area (Å²) >= 11 is 6.95. The molecule has 7 nitrogen and oxygen atoms in total. The van der Waals surface area contributed by atoms with Crippen LogP contribution < -0.4 is 9.62 Å². The van der Waals surface area contributed by atoms with Gasteiger partial charge >= 0.3 is 12.1 Å². The fraction of sp³-hybridized carbons (Fsp3) is 0.308. The van der Waals surface area contributed by atoms with Gasteiger partial charge < -0.3 is 10.1 Å². The monoisotopic (exact) mass is 600 g/mol. The molecule has 39 heavy (non-hydrogen) atoms. The number of rotatable bonds is 7. The number of alkyl halides is 3. The highest BCUT2D eigenvalue weighted by Crippen LogP contribution is 2.40. The summed E-state index contributed by atoms with van der Waals surface area (Å²) in [6, 6.07) is 8.29.